The fraction of sp³-hybridized carbons (Fsp3) is 0.208. The van der Waals surface area contributed by atoms with E-state index in [0.717, 1.165) is 16.7 Å². The molecule has 3 aromatic rings. The average molecular weight is 403 g/mol. The van der Waals surface area contributed by atoms with E-state index in [2.05, 4.69) is 15.6 Å². The van der Waals surface area contributed by atoms with Crippen LogP contribution in [0, 0.1) is 0 Å². The van der Waals surface area contributed by atoms with Crippen LogP contribution in [0.4, 0.5) is 16.2 Å². The van der Waals surface area contributed by atoms with E-state index >= 15 is 0 Å². The van der Waals surface area contributed by atoms with Crippen LogP contribution >= 0.6 is 0 Å². The van der Waals surface area contributed by atoms with Gasteiger partial charge in [-0.3, -0.25) is 15.1 Å². The molecular weight excluding hydrogens is 378 g/mol. The Hall–Kier alpha value is -3.67. The molecule has 0 unspecified atom stereocenters. The van der Waals surface area contributed by atoms with Gasteiger partial charge < -0.3 is 10.4 Å². The molecule has 0 aliphatic rings. The largest absolute Gasteiger partial charge is 0.465 e. The van der Waals surface area contributed by atoms with E-state index in [9.17, 15) is 9.59 Å². The normalized spacial score (nSPS) is 11.0. The summed E-state index contributed by atoms with van der Waals surface area (Å²) >= 11 is 0. The molecule has 154 valence electrons. The summed E-state index contributed by atoms with van der Waals surface area (Å²) in [7, 11) is 0. The lowest BCUT2D eigenvalue weighted by Crippen LogP contribution is -2.22. The first-order chi connectivity index (χ1) is 14.2. The molecular formula is C24H25N3O3. The molecule has 0 saturated heterocycles. The van der Waals surface area contributed by atoms with Crippen molar-refractivity contribution in [2.75, 3.05) is 10.6 Å². The van der Waals surface area contributed by atoms with Gasteiger partial charge in [0, 0.05) is 23.8 Å². The first-order valence-electron chi connectivity index (χ1n) is 9.66. The molecule has 0 bridgehead atoms. The van der Waals surface area contributed by atoms with Gasteiger partial charge in [0.2, 0.25) is 5.91 Å². The third-order valence-corrected chi connectivity index (χ3v) is 4.75. The molecule has 1 aromatic heterocycles. The highest BCUT2D eigenvalue weighted by Gasteiger charge is 2.22. The molecule has 0 atom stereocenters. The van der Waals surface area contributed by atoms with Crippen LogP contribution in [0.2, 0.25) is 0 Å². The highest BCUT2D eigenvalue weighted by Crippen LogP contribution is 2.31. The minimum Gasteiger partial charge on any atom is -0.465 e. The number of amides is 2. The van der Waals surface area contributed by atoms with Crippen molar-refractivity contribution < 1.29 is 14.7 Å². The maximum atomic E-state index is 12.8. The standard InChI is InChI=1S/C24H25N3O3/c1-24(2,3)20-5-4-6-21(27-23(29)30)19(20)15-22(28)26-18-9-7-16(8-10-18)17-11-13-25-14-12-17/h4-14,27H,15H2,1-3H3,(H,26,28)(H,29,30). The Balaban J connectivity index is 1.80. The highest BCUT2D eigenvalue weighted by molar-refractivity contribution is 5.95. The maximum absolute atomic E-state index is 12.8. The number of nitrogens with one attached hydrogen (secondary N) is 2. The topological polar surface area (TPSA) is 91.3 Å². The number of hydrogen-bond acceptors (Lipinski definition) is 3. The molecule has 6 nitrogen and oxygen atoms in total. The number of anilines is 2. The number of carboxylic acid groups (broad SMARTS) is 1. The van der Waals surface area contributed by atoms with Gasteiger partial charge in [-0.25, -0.2) is 4.79 Å². The lowest BCUT2D eigenvalue weighted by molar-refractivity contribution is -0.115. The number of rotatable bonds is 5. The van der Waals surface area contributed by atoms with Crippen molar-refractivity contribution in [1.82, 2.24) is 4.98 Å². The van der Waals surface area contributed by atoms with Crippen molar-refractivity contribution in [3.8, 4) is 11.1 Å². The second kappa shape index (κ2) is 8.78. The van der Waals surface area contributed by atoms with Crippen LogP contribution in [0.1, 0.15) is 31.9 Å². The molecule has 1 heterocycles. The Morgan fingerprint density at radius 3 is 2.13 bits per heavy atom. The number of benzene rings is 2. The van der Waals surface area contributed by atoms with Crippen LogP contribution in [0.15, 0.2) is 67.0 Å². The Labute approximate surface area is 176 Å². The number of aromatic nitrogens is 1. The van der Waals surface area contributed by atoms with Gasteiger partial charge in [-0.15, -0.1) is 0 Å². The Morgan fingerprint density at radius 2 is 1.53 bits per heavy atom. The van der Waals surface area contributed by atoms with Crippen LogP contribution in [-0.4, -0.2) is 22.1 Å². The molecule has 2 aromatic carbocycles. The summed E-state index contributed by atoms with van der Waals surface area (Å²) in [4.78, 5) is 28.0. The van der Waals surface area contributed by atoms with E-state index in [1.165, 1.54) is 0 Å². The van der Waals surface area contributed by atoms with Gasteiger partial charge >= 0.3 is 6.09 Å². The number of carbonyl (C=O) groups is 2. The number of nitrogens with zero attached hydrogens (tertiary/aromatic N) is 1. The second-order valence-electron chi connectivity index (χ2n) is 8.05. The molecule has 0 aliphatic heterocycles. The van der Waals surface area contributed by atoms with Crippen molar-refractivity contribution in [3.05, 3.63) is 78.1 Å². The summed E-state index contributed by atoms with van der Waals surface area (Å²) in [6.07, 6.45) is 2.38. The minimum absolute atomic E-state index is 0.0646. The third kappa shape index (κ3) is 5.23. The van der Waals surface area contributed by atoms with Gasteiger partial charge in [0.25, 0.3) is 0 Å². The van der Waals surface area contributed by atoms with Gasteiger partial charge in [-0.2, -0.15) is 0 Å². The average Bonchev–Trinajstić information content (AvgIpc) is 2.69. The first kappa shape index (κ1) is 21.0. The number of hydrogen-bond donors (Lipinski definition) is 3. The van der Waals surface area contributed by atoms with Crippen molar-refractivity contribution in [2.24, 2.45) is 0 Å². The monoisotopic (exact) mass is 403 g/mol. The quantitative estimate of drug-likeness (QED) is 0.538. The lowest BCUT2D eigenvalue weighted by Gasteiger charge is -2.24. The van der Waals surface area contributed by atoms with E-state index in [1.807, 2.05) is 63.2 Å². The zero-order chi connectivity index (χ0) is 21.7. The number of pyridine rings is 1. The van der Waals surface area contributed by atoms with Gasteiger partial charge in [-0.05, 0) is 58.0 Å². The van der Waals surface area contributed by atoms with Gasteiger partial charge in [0.05, 0.1) is 6.42 Å². The van der Waals surface area contributed by atoms with Gasteiger partial charge in [-0.1, -0.05) is 45.0 Å². The molecule has 0 fully saturated rings. The van der Waals surface area contributed by atoms with Crippen molar-refractivity contribution in [2.45, 2.75) is 32.6 Å². The van der Waals surface area contributed by atoms with Gasteiger partial charge in [0.15, 0.2) is 0 Å². The van der Waals surface area contributed by atoms with Crippen LogP contribution in [-0.2, 0) is 16.6 Å². The fourth-order valence-electron chi connectivity index (χ4n) is 3.37. The minimum atomic E-state index is -1.16. The molecule has 2 amide bonds. The van der Waals surface area contributed by atoms with Crippen molar-refractivity contribution >= 4 is 23.4 Å². The van der Waals surface area contributed by atoms with Crippen molar-refractivity contribution in [3.63, 3.8) is 0 Å². The summed E-state index contributed by atoms with van der Waals surface area (Å²) in [5, 5.41) is 14.5. The zero-order valence-electron chi connectivity index (χ0n) is 17.3. The summed E-state index contributed by atoms with van der Waals surface area (Å²) in [6.45, 7) is 6.10. The summed E-state index contributed by atoms with van der Waals surface area (Å²) < 4.78 is 0. The second-order valence-corrected chi connectivity index (χ2v) is 8.05. The summed E-state index contributed by atoms with van der Waals surface area (Å²) in [5.41, 5.74) is 4.55. The smallest absolute Gasteiger partial charge is 0.409 e. The predicted octanol–water partition coefficient (Wildman–Crippen LogP) is 5.32. The van der Waals surface area contributed by atoms with E-state index < -0.39 is 6.09 Å². The Kier molecular flexibility index (Phi) is 6.16. The molecule has 0 radical (unpaired) electrons. The Bertz CT molecular complexity index is 1040. The third-order valence-electron chi connectivity index (χ3n) is 4.75. The van der Waals surface area contributed by atoms with Gasteiger partial charge in [0.1, 0.15) is 0 Å². The predicted molar refractivity (Wildman–Crippen MR) is 119 cm³/mol. The zero-order valence-corrected chi connectivity index (χ0v) is 17.3. The molecule has 0 aliphatic carbocycles. The Morgan fingerprint density at radius 1 is 0.900 bits per heavy atom. The van der Waals surface area contributed by atoms with Crippen LogP contribution in [0.3, 0.4) is 0 Å². The SMILES string of the molecule is CC(C)(C)c1cccc(NC(=O)O)c1CC(=O)Nc1ccc(-c2ccncc2)cc1. The highest BCUT2D eigenvalue weighted by atomic mass is 16.4. The maximum Gasteiger partial charge on any atom is 0.409 e. The van der Waals surface area contributed by atoms with E-state index in [1.54, 1.807) is 24.5 Å². The van der Waals surface area contributed by atoms with E-state index in [4.69, 9.17) is 5.11 Å². The summed E-state index contributed by atoms with van der Waals surface area (Å²) in [6, 6.07) is 16.8. The molecule has 30 heavy (non-hydrogen) atoms. The molecule has 6 heteroatoms. The first-order valence-corrected chi connectivity index (χ1v) is 9.66. The van der Waals surface area contributed by atoms with Crippen LogP contribution < -0.4 is 10.6 Å². The van der Waals surface area contributed by atoms with E-state index in [0.29, 0.717) is 16.9 Å². The van der Waals surface area contributed by atoms with Crippen molar-refractivity contribution in [1.29, 1.82) is 0 Å². The van der Waals surface area contributed by atoms with Crippen LogP contribution in [0.5, 0.6) is 0 Å². The van der Waals surface area contributed by atoms with E-state index in [-0.39, 0.29) is 17.7 Å². The lowest BCUT2D eigenvalue weighted by atomic mass is 9.82. The van der Waals surface area contributed by atoms with Crippen LogP contribution in [0.25, 0.3) is 11.1 Å². The molecule has 3 N–H and O–H groups in total. The fourth-order valence-corrected chi connectivity index (χ4v) is 3.37. The molecule has 0 saturated carbocycles. The summed E-state index contributed by atoms with van der Waals surface area (Å²) in [5.74, 6) is -0.211. The molecule has 3 rings (SSSR count). The number of carbonyl (C=O) groups excluding carboxylic acids is 1. The molecule has 0 spiro atoms.